The number of likely N-dealkylation sites (tertiary alicyclic amines) is 1. The predicted molar refractivity (Wildman–Crippen MR) is 180 cm³/mol. The molecule has 2 aliphatic rings. The maximum atomic E-state index is 12.4. The van der Waals surface area contributed by atoms with Crippen LogP contribution in [0, 0.1) is 5.92 Å². The summed E-state index contributed by atoms with van der Waals surface area (Å²) in [7, 11) is -1.79. The van der Waals surface area contributed by atoms with Crippen molar-refractivity contribution < 1.29 is 18.3 Å². The van der Waals surface area contributed by atoms with E-state index in [0.29, 0.717) is 47.3 Å². The van der Waals surface area contributed by atoms with Crippen molar-refractivity contribution in [3.63, 3.8) is 0 Å². The van der Waals surface area contributed by atoms with Crippen LogP contribution in [0.1, 0.15) is 32.1 Å². The van der Waals surface area contributed by atoms with Crippen LogP contribution in [0.3, 0.4) is 0 Å². The Balaban J connectivity index is 1.18. The smallest absolute Gasteiger partial charge is 0.229 e. The Kier molecular flexibility index (Phi) is 9.39. The molecular formula is C34H42N6O4S. The third kappa shape index (κ3) is 7.16. The second kappa shape index (κ2) is 13.6. The zero-order valence-corrected chi connectivity index (χ0v) is 26.8. The van der Waals surface area contributed by atoms with Gasteiger partial charge < -0.3 is 30.3 Å². The van der Waals surface area contributed by atoms with Crippen molar-refractivity contribution in [2.45, 2.75) is 43.0 Å². The first-order valence-corrected chi connectivity index (χ1v) is 17.6. The molecule has 0 aliphatic carbocycles. The van der Waals surface area contributed by atoms with Gasteiger partial charge in [0.25, 0.3) is 0 Å². The standard InChI is InChI=1S/C34H42N6O4S/c1-44-31-23-26(40-20-15-25(16-21-40)39-18-13-24(14-19-39)17-22-41)11-12-29(31)37-34-36-28-8-4-3-7-27(28)33(38-34)35-30-9-5-6-10-32(30)45(2,42)43/h3-12,23-25,41H,13-22H2,1-2H3,(H2,35,36,37,38). The van der Waals surface area contributed by atoms with Crippen molar-refractivity contribution in [2.75, 3.05) is 61.7 Å². The molecule has 6 rings (SSSR count). The molecular weight excluding hydrogens is 588 g/mol. The highest BCUT2D eigenvalue weighted by molar-refractivity contribution is 7.90. The summed E-state index contributed by atoms with van der Waals surface area (Å²) in [6.45, 7) is 4.57. The fourth-order valence-electron chi connectivity index (χ4n) is 6.63. The number of hydrogen-bond donors (Lipinski definition) is 3. The Morgan fingerprint density at radius 2 is 1.62 bits per heavy atom. The van der Waals surface area contributed by atoms with Crippen LogP contribution in [0.2, 0.25) is 0 Å². The van der Waals surface area contributed by atoms with Gasteiger partial charge >= 0.3 is 0 Å². The van der Waals surface area contributed by atoms with Gasteiger partial charge in [-0.25, -0.2) is 13.4 Å². The van der Waals surface area contributed by atoms with Gasteiger partial charge in [0.1, 0.15) is 11.6 Å². The van der Waals surface area contributed by atoms with Crippen LogP contribution in [0.25, 0.3) is 10.9 Å². The van der Waals surface area contributed by atoms with E-state index in [0.717, 1.165) is 62.2 Å². The molecule has 3 N–H and O–H groups in total. The van der Waals surface area contributed by atoms with Crippen LogP contribution < -0.4 is 20.3 Å². The normalized spacial score (nSPS) is 17.0. The number of aliphatic hydroxyl groups excluding tert-OH is 1. The second-order valence-electron chi connectivity index (χ2n) is 12.0. The fraction of sp³-hybridized carbons (Fsp3) is 0.412. The van der Waals surface area contributed by atoms with E-state index in [9.17, 15) is 13.5 Å². The Bertz CT molecular complexity index is 1730. The van der Waals surface area contributed by atoms with E-state index in [1.54, 1.807) is 31.4 Å². The van der Waals surface area contributed by atoms with Crippen molar-refractivity contribution in [3.8, 4) is 5.75 Å². The van der Waals surface area contributed by atoms with Crippen molar-refractivity contribution >= 4 is 49.6 Å². The molecule has 0 bridgehead atoms. The molecule has 2 fully saturated rings. The lowest BCUT2D eigenvalue weighted by atomic mass is 9.91. The molecule has 0 radical (unpaired) electrons. The first kappa shape index (κ1) is 31.1. The van der Waals surface area contributed by atoms with Gasteiger partial charge in [-0.15, -0.1) is 0 Å². The molecule has 0 spiro atoms. The Hall–Kier alpha value is -3.93. The van der Waals surface area contributed by atoms with Crippen molar-refractivity contribution in [3.05, 3.63) is 66.7 Å². The number of para-hydroxylation sites is 2. The van der Waals surface area contributed by atoms with E-state index >= 15 is 0 Å². The second-order valence-corrected chi connectivity index (χ2v) is 14.0. The molecule has 0 amide bonds. The van der Waals surface area contributed by atoms with Crippen molar-refractivity contribution in [2.24, 2.45) is 5.92 Å². The van der Waals surface area contributed by atoms with E-state index < -0.39 is 9.84 Å². The third-order valence-electron chi connectivity index (χ3n) is 9.11. The van der Waals surface area contributed by atoms with E-state index in [1.165, 1.54) is 19.1 Å². The van der Waals surface area contributed by atoms with Gasteiger partial charge in [-0.1, -0.05) is 24.3 Å². The Morgan fingerprint density at radius 1 is 0.889 bits per heavy atom. The molecule has 0 unspecified atom stereocenters. The van der Waals surface area contributed by atoms with Gasteiger partial charge in [0, 0.05) is 49.1 Å². The van der Waals surface area contributed by atoms with Gasteiger partial charge in [0.2, 0.25) is 5.95 Å². The third-order valence-corrected chi connectivity index (χ3v) is 10.3. The summed E-state index contributed by atoms with van der Waals surface area (Å²) < 4.78 is 30.7. The number of fused-ring (bicyclic) bond motifs is 1. The number of anilines is 5. The lowest BCUT2D eigenvalue weighted by Crippen LogP contribution is -2.47. The number of aliphatic hydroxyl groups is 1. The van der Waals surface area contributed by atoms with E-state index in [2.05, 4.69) is 32.6 Å². The van der Waals surface area contributed by atoms with Gasteiger partial charge in [-0.2, -0.15) is 4.98 Å². The molecule has 10 nitrogen and oxygen atoms in total. The maximum absolute atomic E-state index is 12.4. The molecule has 0 saturated carbocycles. The Labute approximate surface area is 265 Å². The summed E-state index contributed by atoms with van der Waals surface area (Å²) in [6.07, 6.45) is 6.79. The molecule has 0 atom stereocenters. The molecule has 2 aliphatic heterocycles. The molecule has 4 aromatic rings. The highest BCUT2D eigenvalue weighted by Crippen LogP contribution is 2.35. The van der Waals surface area contributed by atoms with E-state index in [4.69, 9.17) is 14.7 Å². The lowest BCUT2D eigenvalue weighted by Gasteiger charge is -2.42. The molecule has 45 heavy (non-hydrogen) atoms. The summed E-state index contributed by atoms with van der Waals surface area (Å²) in [5.41, 5.74) is 3.02. The van der Waals surface area contributed by atoms with Gasteiger partial charge in [-0.3, -0.25) is 0 Å². The minimum Gasteiger partial charge on any atom is -0.494 e. The monoisotopic (exact) mass is 630 g/mol. The molecule has 1 aromatic heterocycles. The zero-order chi connectivity index (χ0) is 31.4. The van der Waals surface area contributed by atoms with E-state index in [1.807, 2.05) is 30.3 Å². The van der Waals surface area contributed by atoms with Gasteiger partial charge in [-0.05, 0) is 87.5 Å². The average Bonchev–Trinajstić information content (AvgIpc) is 3.05. The number of ether oxygens (including phenoxy) is 1. The SMILES string of the molecule is COc1cc(N2CCC(N3CCC(CCO)CC3)CC2)ccc1Nc1nc(Nc2ccccc2S(C)(=O)=O)c2ccccc2n1. The lowest BCUT2D eigenvalue weighted by molar-refractivity contribution is 0.105. The van der Waals surface area contributed by atoms with Crippen LogP contribution >= 0.6 is 0 Å². The number of hydrogen-bond acceptors (Lipinski definition) is 10. The zero-order valence-electron chi connectivity index (χ0n) is 25.9. The molecule has 11 heteroatoms. The number of rotatable bonds is 10. The minimum atomic E-state index is -3.45. The summed E-state index contributed by atoms with van der Waals surface area (Å²) in [6, 6.07) is 21.2. The number of piperidine rings is 2. The fourth-order valence-corrected chi connectivity index (χ4v) is 7.47. The summed E-state index contributed by atoms with van der Waals surface area (Å²) in [4.78, 5) is 14.8. The molecule has 238 valence electrons. The number of aromatic nitrogens is 2. The number of nitrogens with one attached hydrogen (secondary N) is 2. The van der Waals surface area contributed by atoms with Crippen LogP contribution in [-0.2, 0) is 9.84 Å². The first-order chi connectivity index (χ1) is 21.8. The topological polar surface area (TPSA) is 120 Å². The van der Waals surface area contributed by atoms with Gasteiger partial charge in [0.05, 0.1) is 28.9 Å². The Morgan fingerprint density at radius 3 is 2.36 bits per heavy atom. The van der Waals surface area contributed by atoms with Crippen molar-refractivity contribution in [1.29, 1.82) is 0 Å². The number of benzene rings is 3. The van der Waals surface area contributed by atoms with Crippen LogP contribution in [0.4, 0.5) is 28.8 Å². The highest BCUT2D eigenvalue weighted by Gasteiger charge is 2.28. The highest BCUT2D eigenvalue weighted by atomic mass is 32.2. The predicted octanol–water partition coefficient (Wildman–Crippen LogP) is 5.59. The van der Waals surface area contributed by atoms with Gasteiger partial charge in [0.15, 0.2) is 9.84 Å². The minimum absolute atomic E-state index is 0.200. The largest absolute Gasteiger partial charge is 0.494 e. The summed E-state index contributed by atoms with van der Waals surface area (Å²) in [5.74, 6) is 2.22. The van der Waals surface area contributed by atoms with Crippen LogP contribution in [-0.4, -0.2) is 80.6 Å². The van der Waals surface area contributed by atoms with Crippen LogP contribution in [0.15, 0.2) is 71.6 Å². The maximum Gasteiger partial charge on any atom is 0.229 e. The summed E-state index contributed by atoms with van der Waals surface area (Å²) >= 11 is 0. The molecule has 3 heterocycles. The first-order valence-electron chi connectivity index (χ1n) is 15.7. The quantitative estimate of drug-likeness (QED) is 0.205. The number of methoxy groups -OCH3 is 1. The average molecular weight is 631 g/mol. The number of nitrogens with zero attached hydrogens (tertiary/aromatic N) is 4. The van der Waals surface area contributed by atoms with Crippen LogP contribution in [0.5, 0.6) is 5.75 Å². The molecule has 3 aromatic carbocycles. The molecule has 2 saturated heterocycles. The number of sulfone groups is 1. The van der Waals surface area contributed by atoms with Crippen molar-refractivity contribution in [1.82, 2.24) is 14.9 Å². The summed E-state index contributed by atoms with van der Waals surface area (Å²) in [5, 5.41) is 16.6. The van der Waals surface area contributed by atoms with E-state index in [-0.39, 0.29) is 4.90 Å².